The van der Waals surface area contributed by atoms with Crippen molar-refractivity contribution in [1.29, 1.82) is 0 Å². The van der Waals surface area contributed by atoms with Gasteiger partial charge in [0.1, 0.15) is 5.82 Å². The molecule has 0 spiro atoms. The molecule has 0 saturated heterocycles. The van der Waals surface area contributed by atoms with Gasteiger partial charge in [0, 0.05) is 24.4 Å². The Hall–Kier alpha value is -1.98. The van der Waals surface area contributed by atoms with Crippen LogP contribution in [-0.2, 0) is 17.8 Å². The van der Waals surface area contributed by atoms with E-state index >= 15 is 0 Å². The molecule has 3 N–H and O–H groups in total. The molecular weight excluding hydrogens is 240 g/mol. The van der Waals surface area contributed by atoms with Gasteiger partial charge in [0.25, 0.3) is 0 Å². The van der Waals surface area contributed by atoms with E-state index in [1.165, 1.54) is 0 Å². The van der Waals surface area contributed by atoms with E-state index in [0.717, 1.165) is 23.2 Å². The number of aromatic nitrogens is 2. The summed E-state index contributed by atoms with van der Waals surface area (Å²) in [5.41, 5.74) is 5.56. The molecule has 1 heterocycles. The van der Waals surface area contributed by atoms with E-state index in [9.17, 15) is 0 Å². The van der Waals surface area contributed by atoms with E-state index in [0.29, 0.717) is 18.2 Å². The van der Waals surface area contributed by atoms with Crippen molar-refractivity contribution in [3.63, 3.8) is 0 Å². The summed E-state index contributed by atoms with van der Waals surface area (Å²) in [5.74, 6) is 6.74. The lowest BCUT2D eigenvalue weighted by atomic mass is 10.1. The van der Waals surface area contributed by atoms with Gasteiger partial charge in [-0.05, 0) is 12.0 Å². The molecule has 0 saturated carbocycles. The molecule has 0 atom stereocenters. The minimum Gasteiger partial charge on any atom is -0.380 e. The molecule has 0 amide bonds. The number of nitrogens with one attached hydrogen (secondary N) is 1. The van der Waals surface area contributed by atoms with E-state index in [2.05, 4.69) is 15.4 Å². The van der Waals surface area contributed by atoms with Crippen LogP contribution >= 0.6 is 0 Å². The number of nitrogens with zero attached hydrogens (tertiary/aromatic N) is 2. The third-order valence-corrected chi connectivity index (χ3v) is 2.85. The van der Waals surface area contributed by atoms with Crippen molar-refractivity contribution >= 4 is 5.82 Å². The molecule has 0 unspecified atom stereocenters. The molecule has 0 aliphatic heterocycles. The second-order valence-electron chi connectivity index (χ2n) is 4.16. The minimum atomic E-state index is 0.529. The highest BCUT2D eigenvalue weighted by Gasteiger charge is 2.09. The molecule has 2 aromatic rings. The Labute approximate surface area is 112 Å². The van der Waals surface area contributed by atoms with Crippen LogP contribution in [0.5, 0.6) is 0 Å². The van der Waals surface area contributed by atoms with Crippen LogP contribution < -0.4 is 11.3 Å². The second kappa shape index (κ2) is 6.26. The molecule has 0 bridgehead atoms. The predicted molar refractivity (Wildman–Crippen MR) is 75.4 cm³/mol. The Morgan fingerprint density at radius 2 is 2.05 bits per heavy atom. The summed E-state index contributed by atoms with van der Waals surface area (Å²) in [6.45, 7) is 2.58. The summed E-state index contributed by atoms with van der Waals surface area (Å²) in [6, 6.07) is 9.79. The summed E-state index contributed by atoms with van der Waals surface area (Å²) >= 11 is 0. The Bertz CT molecular complexity index is 535. The number of anilines is 1. The lowest BCUT2D eigenvalue weighted by Crippen LogP contribution is -2.10. The number of methoxy groups -OCH3 is 1. The number of nitrogens with two attached hydrogens (primary N) is 1. The van der Waals surface area contributed by atoms with Gasteiger partial charge in [0.15, 0.2) is 5.82 Å². The zero-order chi connectivity index (χ0) is 13.7. The highest BCUT2D eigenvalue weighted by atomic mass is 16.5. The molecule has 0 radical (unpaired) electrons. The highest BCUT2D eigenvalue weighted by molar-refractivity contribution is 5.61. The monoisotopic (exact) mass is 258 g/mol. The van der Waals surface area contributed by atoms with Crippen molar-refractivity contribution < 1.29 is 4.74 Å². The smallest absolute Gasteiger partial charge is 0.162 e. The molecule has 2 rings (SSSR count). The molecule has 1 aromatic heterocycles. The third-order valence-electron chi connectivity index (χ3n) is 2.85. The van der Waals surface area contributed by atoms with Gasteiger partial charge in [-0.2, -0.15) is 0 Å². The average Bonchev–Trinajstić information content (AvgIpc) is 2.47. The quantitative estimate of drug-likeness (QED) is 0.635. The first-order chi connectivity index (χ1) is 9.28. The molecule has 0 aliphatic rings. The summed E-state index contributed by atoms with van der Waals surface area (Å²) in [7, 11) is 1.67. The third kappa shape index (κ3) is 3.07. The lowest BCUT2D eigenvalue weighted by Gasteiger charge is -2.10. The van der Waals surface area contributed by atoms with Crippen molar-refractivity contribution in [1.82, 2.24) is 9.97 Å². The summed E-state index contributed by atoms with van der Waals surface area (Å²) in [4.78, 5) is 8.96. The van der Waals surface area contributed by atoms with Gasteiger partial charge in [0.2, 0.25) is 0 Å². The highest BCUT2D eigenvalue weighted by Crippen LogP contribution is 2.22. The zero-order valence-electron chi connectivity index (χ0n) is 11.2. The maximum absolute atomic E-state index is 5.45. The zero-order valence-corrected chi connectivity index (χ0v) is 11.2. The number of aryl methyl sites for hydroxylation is 1. The Kier molecular flexibility index (Phi) is 4.43. The normalized spacial score (nSPS) is 10.5. The molecule has 19 heavy (non-hydrogen) atoms. The van der Waals surface area contributed by atoms with Crippen molar-refractivity contribution in [3.8, 4) is 11.4 Å². The van der Waals surface area contributed by atoms with Crippen LogP contribution in [0.25, 0.3) is 11.4 Å². The van der Waals surface area contributed by atoms with Crippen LogP contribution in [0.1, 0.15) is 18.2 Å². The SMILES string of the molecule is CCc1cc(NN)nc(-c2ccccc2COC)n1. The Morgan fingerprint density at radius 1 is 1.26 bits per heavy atom. The van der Waals surface area contributed by atoms with Gasteiger partial charge < -0.3 is 10.2 Å². The predicted octanol–water partition coefficient (Wildman–Crippen LogP) is 2.14. The van der Waals surface area contributed by atoms with Crippen LogP contribution in [0.2, 0.25) is 0 Å². The molecule has 5 heteroatoms. The summed E-state index contributed by atoms with van der Waals surface area (Å²) in [5, 5.41) is 0. The first-order valence-corrected chi connectivity index (χ1v) is 6.20. The fourth-order valence-corrected chi connectivity index (χ4v) is 1.89. The average molecular weight is 258 g/mol. The van der Waals surface area contributed by atoms with Crippen LogP contribution in [0.15, 0.2) is 30.3 Å². The van der Waals surface area contributed by atoms with Gasteiger partial charge in [-0.25, -0.2) is 15.8 Å². The number of benzene rings is 1. The largest absolute Gasteiger partial charge is 0.380 e. The van der Waals surface area contributed by atoms with E-state index in [1.807, 2.05) is 37.3 Å². The number of rotatable bonds is 5. The van der Waals surface area contributed by atoms with Crippen LogP contribution in [0, 0.1) is 0 Å². The van der Waals surface area contributed by atoms with Gasteiger partial charge in [0.05, 0.1) is 6.61 Å². The maximum Gasteiger partial charge on any atom is 0.162 e. The van der Waals surface area contributed by atoms with Crippen molar-refractivity contribution in [2.24, 2.45) is 5.84 Å². The maximum atomic E-state index is 5.45. The van der Waals surface area contributed by atoms with Crippen molar-refractivity contribution in [2.75, 3.05) is 12.5 Å². The first kappa shape index (κ1) is 13.5. The summed E-state index contributed by atoms with van der Waals surface area (Å²) in [6.07, 6.45) is 0.830. The lowest BCUT2D eigenvalue weighted by molar-refractivity contribution is 0.185. The fourth-order valence-electron chi connectivity index (χ4n) is 1.89. The minimum absolute atomic E-state index is 0.529. The standard InChI is InChI=1S/C14H18N4O/c1-3-11-8-13(18-15)17-14(16-11)12-7-5-4-6-10(12)9-19-2/h4-8H,3,9,15H2,1-2H3,(H,16,17,18). The Balaban J connectivity index is 2.51. The second-order valence-corrected chi connectivity index (χ2v) is 4.16. The topological polar surface area (TPSA) is 73.1 Å². The van der Waals surface area contributed by atoms with E-state index in [1.54, 1.807) is 7.11 Å². The van der Waals surface area contributed by atoms with E-state index in [-0.39, 0.29) is 0 Å². The number of hydrazine groups is 1. The van der Waals surface area contributed by atoms with Crippen molar-refractivity contribution in [2.45, 2.75) is 20.0 Å². The summed E-state index contributed by atoms with van der Waals surface area (Å²) < 4.78 is 5.21. The number of ether oxygens (including phenoxy) is 1. The molecule has 0 aliphatic carbocycles. The van der Waals surface area contributed by atoms with Gasteiger partial charge in [-0.15, -0.1) is 0 Å². The van der Waals surface area contributed by atoms with E-state index in [4.69, 9.17) is 10.6 Å². The molecule has 5 nitrogen and oxygen atoms in total. The van der Waals surface area contributed by atoms with Crippen molar-refractivity contribution in [3.05, 3.63) is 41.6 Å². The first-order valence-electron chi connectivity index (χ1n) is 6.20. The van der Waals surface area contributed by atoms with Crippen LogP contribution in [0.3, 0.4) is 0 Å². The molecular formula is C14H18N4O. The van der Waals surface area contributed by atoms with Gasteiger partial charge >= 0.3 is 0 Å². The molecule has 0 fully saturated rings. The number of nitrogen functional groups attached to an aromatic ring is 1. The fraction of sp³-hybridized carbons (Fsp3) is 0.286. The molecule has 1 aromatic carbocycles. The molecule has 100 valence electrons. The van der Waals surface area contributed by atoms with Gasteiger partial charge in [-0.3, -0.25) is 0 Å². The number of hydrogen-bond donors (Lipinski definition) is 2. The Morgan fingerprint density at radius 3 is 2.74 bits per heavy atom. The van der Waals surface area contributed by atoms with Crippen LogP contribution in [-0.4, -0.2) is 17.1 Å². The number of hydrogen-bond acceptors (Lipinski definition) is 5. The van der Waals surface area contributed by atoms with Crippen LogP contribution in [0.4, 0.5) is 5.82 Å². The van der Waals surface area contributed by atoms with Gasteiger partial charge in [-0.1, -0.05) is 31.2 Å². The van der Waals surface area contributed by atoms with E-state index < -0.39 is 0 Å².